The predicted molar refractivity (Wildman–Crippen MR) is 80.6 cm³/mol. The van der Waals surface area contributed by atoms with Crippen LogP contribution in [0.4, 0.5) is 0 Å². The normalized spacial score (nSPS) is 11.1. The van der Waals surface area contributed by atoms with Crippen molar-refractivity contribution in [3.05, 3.63) is 59.9 Å². The van der Waals surface area contributed by atoms with Crippen LogP contribution in [0.1, 0.15) is 11.1 Å². The van der Waals surface area contributed by atoms with Crippen LogP contribution in [0.15, 0.2) is 58.8 Å². The highest BCUT2D eigenvalue weighted by Gasteiger charge is 2.11. The largest absolute Gasteiger partial charge is 0.276 e. The van der Waals surface area contributed by atoms with Crippen molar-refractivity contribution in [1.29, 1.82) is 0 Å². The van der Waals surface area contributed by atoms with Crippen molar-refractivity contribution in [2.24, 2.45) is 5.10 Å². The molecule has 20 heavy (non-hydrogen) atoms. The van der Waals surface area contributed by atoms with Gasteiger partial charge in [0, 0.05) is 12.4 Å². The van der Waals surface area contributed by atoms with Gasteiger partial charge in [0.05, 0.1) is 11.1 Å². The summed E-state index contributed by atoms with van der Waals surface area (Å²) in [5.74, 6) is 0. The SMILES string of the molecule is Cc1ccc(S(=O)(=O)N/N=C/c2ccncc2)cc1.Cl. The number of rotatable bonds is 4. The molecule has 0 saturated heterocycles. The lowest BCUT2D eigenvalue weighted by Gasteiger charge is -2.03. The maximum absolute atomic E-state index is 11.9. The van der Waals surface area contributed by atoms with E-state index in [4.69, 9.17) is 0 Å². The van der Waals surface area contributed by atoms with Crippen LogP contribution >= 0.6 is 12.4 Å². The van der Waals surface area contributed by atoms with Crippen LogP contribution < -0.4 is 4.83 Å². The Morgan fingerprint density at radius 2 is 1.70 bits per heavy atom. The second-order valence-corrected chi connectivity index (χ2v) is 5.61. The summed E-state index contributed by atoms with van der Waals surface area (Å²) in [5, 5.41) is 3.72. The number of nitrogens with one attached hydrogen (secondary N) is 1. The van der Waals surface area contributed by atoms with Crippen LogP contribution in [-0.2, 0) is 10.0 Å². The first-order valence-electron chi connectivity index (χ1n) is 5.59. The molecule has 0 fully saturated rings. The van der Waals surface area contributed by atoms with Gasteiger partial charge in [-0.05, 0) is 36.8 Å². The average Bonchev–Trinajstić information content (AvgIpc) is 2.40. The minimum atomic E-state index is -3.61. The van der Waals surface area contributed by atoms with Crippen molar-refractivity contribution in [2.75, 3.05) is 0 Å². The fraction of sp³-hybridized carbons (Fsp3) is 0.0769. The van der Waals surface area contributed by atoms with E-state index in [9.17, 15) is 8.42 Å². The predicted octanol–water partition coefficient (Wildman–Crippen LogP) is 2.12. The standard InChI is InChI=1S/C13H13N3O2S.ClH/c1-11-2-4-13(5-3-11)19(17,18)16-15-10-12-6-8-14-9-7-12;/h2-10,16H,1H3;1H/b15-10+;. The third-order valence-electron chi connectivity index (χ3n) is 2.42. The Bertz CT molecular complexity index is 671. The summed E-state index contributed by atoms with van der Waals surface area (Å²) in [6.45, 7) is 1.89. The van der Waals surface area contributed by atoms with Crippen LogP contribution in [-0.4, -0.2) is 19.6 Å². The quantitative estimate of drug-likeness (QED) is 0.694. The van der Waals surface area contributed by atoms with Gasteiger partial charge in [0.1, 0.15) is 0 Å². The second-order valence-electron chi connectivity index (χ2n) is 3.95. The molecule has 7 heteroatoms. The first-order valence-corrected chi connectivity index (χ1v) is 7.08. The summed E-state index contributed by atoms with van der Waals surface area (Å²) < 4.78 is 23.8. The molecule has 0 aliphatic rings. The van der Waals surface area contributed by atoms with E-state index < -0.39 is 10.0 Å². The molecule has 0 aliphatic carbocycles. The molecule has 106 valence electrons. The number of pyridine rings is 1. The highest BCUT2D eigenvalue weighted by atomic mass is 35.5. The highest BCUT2D eigenvalue weighted by molar-refractivity contribution is 7.89. The Labute approximate surface area is 124 Å². The zero-order valence-corrected chi connectivity index (χ0v) is 12.4. The van der Waals surface area contributed by atoms with E-state index in [0.29, 0.717) is 0 Å². The summed E-state index contributed by atoms with van der Waals surface area (Å²) >= 11 is 0. The maximum atomic E-state index is 11.9. The summed E-state index contributed by atoms with van der Waals surface area (Å²) in [4.78, 5) is 6.21. The molecule has 1 aromatic heterocycles. The van der Waals surface area contributed by atoms with E-state index in [1.165, 1.54) is 6.21 Å². The van der Waals surface area contributed by atoms with Gasteiger partial charge >= 0.3 is 0 Å². The molecule has 0 bridgehead atoms. The molecule has 2 rings (SSSR count). The van der Waals surface area contributed by atoms with Crippen LogP contribution in [0.2, 0.25) is 0 Å². The van der Waals surface area contributed by atoms with Crippen molar-refractivity contribution in [3.8, 4) is 0 Å². The fourth-order valence-electron chi connectivity index (χ4n) is 1.39. The van der Waals surface area contributed by atoms with Crippen molar-refractivity contribution >= 4 is 28.6 Å². The van der Waals surface area contributed by atoms with Crippen LogP contribution in [0.25, 0.3) is 0 Å². The zero-order chi connectivity index (χ0) is 13.7. The lowest BCUT2D eigenvalue weighted by atomic mass is 10.2. The van der Waals surface area contributed by atoms with E-state index in [1.54, 1.807) is 48.8 Å². The first kappa shape index (κ1) is 16.1. The number of sulfonamides is 1. The minimum absolute atomic E-state index is 0. The number of hydrazone groups is 1. The van der Waals surface area contributed by atoms with E-state index >= 15 is 0 Å². The van der Waals surface area contributed by atoms with Gasteiger partial charge in [0.15, 0.2) is 0 Å². The molecule has 0 unspecified atom stereocenters. The van der Waals surface area contributed by atoms with Gasteiger partial charge in [0.2, 0.25) is 0 Å². The molecule has 0 spiro atoms. The Kier molecular flexibility index (Phi) is 5.66. The molecule has 0 aliphatic heterocycles. The minimum Gasteiger partial charge on any atom is -0.265 e. The number of halogens is 1. The maximum Gasteiger partial charge on any atom is 0.276 e. The smallest absolute Gasteiger partial charge is 0.265 e. The third-order valence-corrected chi connectivity index (χ3v) is 3.66. The van der Waals surface area contributed by atoms with Crippen LogP contribution in [0.5, 0.6) is 0 Å². The summed E-state index contributed by atoms with van der Waals surface area (Å²) in [6, 6.07) is 10.0. The second kappa shape index (κ2) is 7.02. The lowest BCUT2D eigenvalue weighted by Crippen LogP contribution is -2.18. The lowest BCUT2D eigenvalue weighted by molar-refractivity contribution is 0.584. The number of hydrogen-bond donors (Lipinski definition) is 1. The van der Waals surface area contributed by atoms with E-state index in [0.717, 1.165) is 11.1 Å². The molecule has 5 nitrogen and oxygen atoms in total. The molecule has 0 radical (unpaired) electrons. The van der Waals surface area contributed by atoms with E-state index in [2.05, 4.69) is 14.9 Å². The summed E-state index contributed by atoms with van der Waals surface area (Å²) in [6.07, 6.45) is 4.64. The third kappa shape index (κ3) is 4.32. The molecule has 1 heterocycles. The average molecular weight is 312 g/mol. The summed E-state index contributed by atoms with van der Waals surface area (Å²) in [5.41, 5.74) is 1.76. The molecule has 0 atom stereocenters. The molecular formula is C13H14ClN3O2S. The van der Waals surface area contributed by atoms with Gasteiger partial charge in [-0.15, -0.1) is 12.4 Å². The number of benzene rings is 1. The van der Waals surface area contributed by atoms with Gasteiger partial charge in [-0.3, -0.25) is 4.98 Å². The van der Waals surface area contributed by atoms with Crippen molar-refractivity contribution in [1.82, 2.24) is 9.82 Å². The Morgan fingerprint density at radius 1 is 1.10 bits per heavy atom. The number of hydrogen-bond acceptors (Lipinski definition) is 4. The van der Waals surface area contributed by atoms with E-state index in [1.807, 2.05) is 6.92 Å². The van der Waals surface area contributed by atoms with Crippen molar-refractivity contribution in [3.63, 3.8) is 0 Å². The molecule has 0 saturated carbocycles. The molecule has 0 amide bonds. The highest BCUT2D eigenvalue weighted by Crippen LogP contribution is 2.09. The number of aryl methyl sites for hydroxylation is 1. The Morgan fingerprint density at radius 3 is 2.30 bits per heavy atom. The molecule has 1 aromatic carbocycles. The summed E-state index contributed by atoms with van der Waals surface area (Å²) in [7, 11) is -3.61. The monoisotopic (exact) mass is 311 g/mol. The Balaban J connectivity index is 0.00000200. The topological polar surface area (TPSA) is 71.4 Å². The van der Waals surface area contributed by atoms with Gasteiger partial charge < -0.3 is 0 Å². The number of nitrogens with zero attached hydrogens (tertiary/aromatic N) is 2. The van der Waals surface area contributed by atoms with Crippen LogP contribution in [0.3, 0.4) is 0 Å². The fourth-order valence-corrected chi connectivity index (χ4v) is 2.18. The van der Waals surface area contributed by atoms with Crippen molar-refractivity contribution < 1.29 is 8.42 Å². The molecular weight excluding hydrogens is 298 g/mol. The first-order chi connectivity index (χ1) is 9.08. The Hall–Kier alpha value is -1.92. The molecule has 1 N–H and O–H groups in total. The van der Waals surface area contributed by atoms with Gasteiger partial charge in [0.25, 0.3) is 10.0 Å². The van der Waals surface area contributed by atoms with Crippen LogP contribution in [0, 0.1) is 6.92 Å². The zero-order valence-electron chi connectivity index (χ0n) is 10.7. The molecule has 2 aromatic rings. The van der Waals surface area contributed by atoms with Gasteiger partial charge in [-0.2, -0.15) is 13.5 Å². The van der Waals surface area contributed by atoms with Crippen molar-refractivity contribution in [2.45, 2.75) is 11.8 Å². The van der Waals surface area contributed by atoms with E-state index in [-0.39, 0.29) is 17.3 Å². The number of aromatic nitrogens is 1. The van der Waals surface area contributed by atoms with Gasteiger partial charge in [-0.1, -0.05) is 17.7 Å². The van der Waals surface area contributed by atoms with Gasteiger partial charge in [-0.25, -0.2) is 4.83 Å².